The monoisotopic (exact) mass is 390 g/mol. The maximum atomic E-state index is 12.5. The van der Waals surface area contributed by atoms with Crippen LogP contribution in [0.5, 0.6) is 0 Å². The highest BCUT2D eigenvalue weighted by atomic mass is 16.2. The molecule has 1 aromatic rings. The first kappa shape index (κ1) is 20.3. The Kier molecular flexibility index (Phi) is 5.74. The van der Waals surface area contributed by atoms with Crippen LogP contribution in [0.1, 0.15) is 58.4 Å². The Bertz CT molecular complexity index is 760. The summed E-state index contributed by atoms with van der Waals surface area (Å²) in [4.78, 5) is 38.7. The van der Waals surface area contributed by atoms with Gasteiger partial charge < -0.3 is 15.5 Å². The highest BCUT2D eigenvalue weighted by Gasteiger charge is 2.35. The summed E-state index contributed by atoms with van der Waals surface area (Å²) in [5.74, 6) is -0.922. The maximum Gasteiger partial charge on any atom is 0.315 e. The summed E-state index contributed by atoms with van der Waals surface area (Å²) in [6, 6.07) is 1.64. The Morgan fingerprint density at radius 3 is 2.54 bits per heavy atom. The zero-order chi connectivity index (χ0) is 20.5. The summed E-state index contributed by atoms with van der Waals surface area (Å²) < 4.78 is 1.52. The van der Waals surface area contributed by atoms with Gasteiger partial charge >= 0.3 is 11.8 Å². The number of hydrogen-bond donors (Lipinski definition) is 3. The smallest absolute Gasteiger partial charge is 0.315 e. The van der Waals surface area contributed by atoms with E-state index in [0.29, 0.717) is 31.0 Å². The van der Waals surface area contributed by atoms with Crippen LogP contribution in [-0.2, 0) is 14.4 Å². The van der Waals surface area contributed by atoms with Gasteiger partial charge in [-0.15, -0.1) is 0 Å². The molecule has 0 radical (unpaired) electrons. The van der Waals surface area contributed by atoms with E-state index in [1.165, 1.54) is 4.68 Å². The number of nitrogens with one attached hydrogen (secondary N) is 3. The zero-order valence-corrected chi connectivity index (χ0v) is 17.0. The Morgan fingerprint density at radius 1 is 1.21 bits per heavy atom. The second kappa shape index (κ2) is 7.90. The lowest BCUT2D eigenvalue weighted by Gasteiger charge is -2.39. The molecule has 2 atom stereocenters. The summed E-state index contributed by atoms with van der Waals surface area (Å²) in [6.45, 7) is 9.21. The average Bonchev–Trinajstić information content (AvgIpc) is 3.00. The van der Waals surface area contributed by atoms with Crippen LogP contribution in [0, 0.1) is 12.3 Å². The number of likely N-dealkylation sites (tertiary alicyclic amines) is 1. The quantitative estimate of drug-likeness (QED) is 0.656. The molecule has 0 bridgehead atoms. The van der Waals surface area contributed by atoms with Gasteiger partial charge in [0.05, 0.1) is 5.69 Å². The first-order valence-electron chi connectivity index (χ1n) is 9.87. The number of nitrogens with zero attached hydrogens (tertiary/aromatic N) is 3. The van der Waals surface area contributed by atoms with E-state index >= 15 is 0 Å². The van der Waals surface area contributed by atoms with E-state index in [1.807, 2.05) is 0 Å². The molecule has 2 aliphatic rings. The minimum absolute atomic E-state index is 0.0470. The van der Waals surface area contributed by atoms with Gasteiger partial charge in [-0.1, -0.05) is 20.8 Å². The highest BCUT2D eigenvalue weighted by Crippen LogP contribution is 2.27. The topological polar surface area (TPSA) is 108 Å². The van der Waals surface area contributed by atoms with Crippen LogP contribution in [0.25, 0.3) is 0 Å². The number of piperidine rings is 1. The summed E-state index contributed by atoms with van der Waals surface area (Å²) in [5.41, 5.74) is 0.556. The van der Waals surface area contributed by atoms with E-state index in [2.05, 4.69) is 41.8 Å². The number of carbonyl (C=O) groups is 3. The third kappa shape index (κ3) is 4.52. The molecule has 9 nitrogen and oxygen atoms in total. The van der Waals surface area contributed by atoms with Crippen LogP contribution in [0.3, 0.4) is 0 Å². The first-order chi connectivity index (χ1) is 13.1. The molecule has 0 spiro atoms. The normalized spacial score (nSPS) is 23.3. The van der Waals surface area contributed by atoms with Gasteiger partial charge in [0.15, 0.2) is 6.29 Å². The predicted molar refractivity (Wildman–Crippen MR) is 104 cm³/mol. The lowest BCUT2D eigenvalue weighted by atomic mass is 9.84. The lowest BCUT2D eigenvalue weighted by Crippen LogP contribution is -2.57. The van der Waals surface area contributed by atoms with Crippen molar-refractivity contribution in [3.8, 4) is 0 Å². The molecule has 2 aliphatic heterocycles. The minimum Gasteiger partial charge on any atom is -0.334 e. The molecule has 3 rings (SSSR count). The number of hydrogen-bond acceptors (Lipinski definition) is 5. The summed E-state index contributed by atoms with van der Waals surface area (Å²) >= 11 is 0. The molecule has 3 heterocycles. The molecule has 3 N–H and O–H groups in total. The molecule has 154 valence electrons. The average molecular weight is 390 g/mol. The molecule has 1 aromatic heterocycles. The third-order valence-corrected chi connectivity index (χ3v) is 5.27. The van der Waals surface area contributed by atoms with E-state index in [9.17, 15) is 14.4 Å². The van der Waals surface area contributed by atoms with Gasteiger partial charge in [-0.3, -0.25) is 19.7 Å². The molecule has 2 fully saturated rings. The second-order valence-electron chi connectivity index (χ2n) is 8.68. The predicted octanol–water partition coefficient (Wildman–Crippen LogP) is 1.12. The summed E-state index contributed by atoms with van der Waals surface area (Å²) in [6.07, 6.45) is 2.69. The van der Waals surface area contributed by atoms with Crippen molar-refractivity contribution in [2.75, 3.05) is 18.4 Å². The van der Waals surface area contributed by atoms with E-state index in [4.69, 9.17) is 0 Å². The van der Waals surface area contributed by atoms with Crippen molar-refractivity contribution in [3.05, 3.63) is 11.8 Å². The van der Waals surface area contributed by atoms with Crippen molar-refractivity contribution < 1.29 is 14.4 Å². The van der Waals surface area contributed by atoms with Crippen molar-refractivity contribution >= 4 is 23.5 Å². The molecule has 2 saturated heterocycles. The molecular formula is C19H30N6O3. The van der Waals surface area contributed by atoms with E-state index in [1.54, 1.807) is 17.9 Å². The van der Waals surface area contributed by atoms with Crippen molar-refractivity contribution in [3.63, 3.8) is 0 Å². The number of amides is 3. The molecule has 28 heavy (non-hydrogen) atoms. The van der Waals surface area contributed by atoms with Crippen molar-refractivity contribution in [2.45, 2.75) is 65.7 Å². The SMILES string of the molecule is Cc1cc(NC(=O)C(=O)N2CCCCC2)n(C2NC(=O)CC(C(C)(C)C)N2)n1. The molecule has 3 amide bonds. The van der Waals surface area contributed by atoms with Crippen molar-refractivity contribution in [1.29, 1.82) is 0 Å². The van der Waals surface area contributed by atoms with Crippen LogP contribution in [0.4, 0.5) is 5.82 Å². The van der Waals surface area contributed by atoms with Crippen LogP contribution < -0.4 is 16.0 Å². The van der Waals surface area contributed by atoms with E-state index in [0.717, 1.165) is 19.3 Å². The standard InChI is InChI=1S/C19H30N6O3/c1-12-10-14(21-16(27)17(28)24-8-6-5-7-9-24)25(23-12)18-20-13(19(2,3)4)11-15(26)22-18/h10,13,18,20H,5-9,11H2,1-4H3,(H,21,27)(H,22,26). The maximum absolute atomic E-state index is 12.5. The summed E-state index contributed by atoms with van der Waals surface area (Å²) in [7, 11) is 0. The zero-order valence-electron chi connectivity index (χ0n) is 17.0. The van der Waals surface area contributed by atoms with Crippen LogP contribution in [-0.4, -0.2) is 51.5 Å². The van der Waals surface area contributed by atoms with Gasteiger partial charge in [0.1, 0.15) is 5.82 Å². The molecule has 0 saturated carbocycles. The first-order valence-corrected chi connectivity index (χ1v) is 9.87. The van der Waals surface area contributed by atoms with Gasteiger partial charge in [-0.25, -0.2) is 4.68 Å². The van der Waals surface area contributed by atoms with Gasteiger partial charge in [0.25, 0.3) is 0 Å². The minimum atomic E-state index is -0.683. The van der Waals surface area contributed by atoms with Gasteiger partial charge in [0.2, 0.25) is 5.91 Å². The second-order valence-corrected chi connectivity index (χ2v) is 8.68. The third-order valence-electron chi connectivity index (χ3n) is 5.27. The fourth-order valence-electron chi connectivity index (χ4n) is 3.59. The Morgan fingerprint density at radius 2 is 1.89 bits per heavy atom. The lowest BCUT2D eigenvalue weighted by molar-refractivity contribution is -0.143. The fraction of sp³-hybridized carbons (Fsp3) is 0.684. The van der Waals surface area contributed by atoms with E-state index in [-0.39, 0.29) is 17.4 Å². The fourth-order valence-corrected chi connectivity index (χ4v) is 3.59. The van der Waals surface area contributed by atoms with Crippen molar-refractivity contribution in [1.82, 2.24) is 25.3 Å². The largest absolute Gasteiger partial charge is 0.334 e. The Labute approximate surface area is 165 Å². The van der Waals surface area contributed by atoms with Crippen LogP contribution in [0.15, 0.2) is 6.07 Å². The number of anilines is 1. The van der Waals surface area contributed by atoms with Gasteiger partial charge in [0, 0.05) is 31.6 Å². The molecule has 2 unspecified atom stereocenters. The Hall–Kier alpha value is -2.42. The molecule has 9 heteroatoms. The Balaban J connectivity index is 1.76. The molecular weight excluding hydrogens is 360 g/mol. The molecule has 0 aromatic carbocycles. The highest BCUT2D eigenvalue weighted by molar-refractivity contribution is 6.39. The van der Waals surface area contributed by atoms with Gasteiger partial charge in [-0.05, 0) is 31.6 Å². The number of rotatable bonds is 2. The van der Waals surface area contributed by atoms with Crippen LogP contribution >= 0.6 is 0 Å². The number of aryl methyl sites for hydroxylation is 1. The van der Waals surface area contributed by atoms with Crippen molar-refractivity contribution in [2.24, 2.45) is 5.41 Å². The summed E-state index contributed by atoms with van der Waals surface area (Å²) in [5, 5.41) is 13.3. The van der Waals surface area contributed by atoms with Gasteiger partial charge in [-0.2, -0.15) is 5.10 Å². The number of aromatic nitrogens is 2. The number of carbonyl (C=O) groups excluding carboxylic acids is 3. The van der Waals surface area contributed by atoms with E-state index < -0.39 is 18.1 Å². The molecule has 0 aliphatic carbocycles. The van der Waals surface area contributed by atoms with Crippen LogP contribution in [0.2, 0.25) is 0 Å².